The summed E-state index contributed by atoms with van der Waals surface area (Å²) in [6.45, 7) is 2.03. The highest BCUT2D eigenvalue weighted by Crippen LogP contribution is 2.30. The van der Waals surface area contributed by atoms with Crippen molar-refractivity contribution >= 4 is 27.3 Å². The van der Waals surface area contributed by atoms with E-state index in [9.17, 15) is 0 Å². The second-order valence-corrected chi connectivity index (χ2v) is 6.43. The molecule has 0 aliphatic carbocycles. The average molecular weight is 346 g/mol. The van der Waals surface area contributed by atoms with Gasteiger partial charge in [0.25, 0.3) is 0 Å². The molecule has 2 aromatic rings. The van der Waals surface area contributed by atoms with Crippen LogP contribution in [0, 0.1) is 0 Å². The smallest absolute Gasteiger partial charge is 0.106 e. The summed E-state index contributed by atoms with van der Waals surface area (Å²) in [6, 6.07) is 17.3. The number of nitrogens with one attached hydrogen (secondary N) is 1. The first kappa shape index (κ1) is 14.4. The largest absolute Gasteiger partial charge is 0.378 e. The van der Waals surface area contributed by atoms with Crippen molar-refractivity contribution in [3.63, 3.8) is 0 Å². The first-order chi connectivity index (χ1) is 10.1. The molecular formula is C17H20BrN3. The number of nitrogens with zero attached hydrogens (tertiary/aromatic N) is 2. The minimum Gasteiger partial charge on any atom is -0.378 e. The first-order valence-electron chi connectivity index (χ1n) is 7.18. The van der Waals surface area contributed by atoms with Gasteiger partial charge in [0.1, 0.15) is 6.17 Å². The van der Waals surface area contributed by atoms with Gasteiger partial charge in [0.05, 0.1) is 0 Å². The summed E-state index contributed by atoms with van der Waals surface area (Å²) in [5.74, 6) is 0. The van der Waals surface area contributed by atoms with Crippen LogP contribution in [0.3, 0.4) is 0 Å². The quantitative estimate of drug-likeness (QED) is 0.916. The molecule has 2 aromatic carbocycles. The van der Waals surface area contributed by atoms with Gasteiger partial charge in [0.15, 0.2) is 0 Å². The van der Waals surface area contributed by atoms with Crippen LogP contribution < -0.4 is 15.1 Å². The van der Waals surface area contributed by atoms with Gasteiger partial charge in [0.2, 0.25) is 0 Å². The highest BCUT2D eigenvalue weighted by atomic mass is 79.9. The topological polar surface area (TPSA) is 18.5 Å². The van der Waals surface area contributed by atoms with Gasteiger partial charge in [-0.15, -0.1) is 0 Å². The number of rotatable bonds is 3. The summed E-state index contributed by atoms with van der Waals surface area (Å²) in [5.41, 5.74) is 3.78. The van der Waals surface area contributed by atoms with Crippen molar-refractivity contribution in [2.24, 2.45) is 0 Å². The maximum absolute atomic E-state index is 3.58. The Labute approximate surface area is 134 Å². The summed E-state index contributed by atoms with van der Waals surface area (Å²) >= 11 is 3.56. The van der Waals surface area contributed by atoms with Gasteiger partial charge in [-0.1, -0.05) is 28.1 Å². The summed E-state index contributed by atoms with van der Waals surface area (Å²) in [5, 5.41) is 3.58. The second-order valence-electron chi connectivity index (χ2n) is 5.52. The predicted molar refractivity (Wildman–Crippen MR) is 93.0 cm³/mol. The number of hydrogen-bond acceptors (Lipinski definition) is 3. The lowest BCUT2D eigenvalue weighted by Gasteiger charge is -2.27. The Kier molecular flexibility index (Phi) is 4.17. The van der Waals surface area contributed by atoms with Crippen molar-refractivity contribution < 1.29 is 0 Å². The molecule has 1 aliphatic rings. The standard InChI is InChI=1S/C17H20BrN3/c1-20(2)15-6-8-16(9-7-15)21-11-10-19-17(21)13-4-3-5-14(18)12-13/h3-9,12,17,19H,10-11H2,1-2H3. The molecule has 1 fully saturated rings. The fraction of sp³-hybridized carbons (Fsp3) is 0.294. The van der Waals surface area contributed by atoms with E-state index in [1.54, 1.807) is 0 Å². The molecule has 1 aliphatic heterocycles. The van der Waals surface area contributed by atoms with Crippen LogP contribution in [0.4, 0.5) is 11.4 Å². The van der Waals surface area contributed by atoms with Crippen LogP contribution in [-0.4, -0.2) is 27.2 Å². The van der Waals surface area contributed by atoms with Crippen molar-refractivity contribution in [1.29, 1.82) is 0 Å². The maximum Gasteiger partial charge on any atom is 0.106 e. The van der Waals surface area contributed by atoms with Crippen LogP contribution in [0.15, 0.2) is 53.0 Å². The van der Waals surface area contributed by atoms with Gasteiger partial charge >= 0.3 is 0 Å². The molecule has 110 valence electrons. The summed E-state index contributed by atoms with van der Waals surface area (Å²) in [6.07, 6.45) is 0.243. The van der Waals surface area contributed by atoms with Crippen molar-refractivity contribution in [1.82, 2.24) is 5.32 Å². The summed E-state index contributed by atoms with van der Waals surface area (Å²) in [7, 11) is 4.13. The molecule has 1 N–H and O–H groups in total. The number of hydrogen-bond donors (Lipinski definition) is 1. The van der Waals surface area contributed by atoms with E-state index in [0.29, 0.717) is 0 Å². The van der Waals surface area contributed by atoms with Gasteiger partial charge in [-0.25, -0.2) is 0 Å². The van der Waals surface area contributed by atoms with Crippen LogP contribution in [0.1, 0.15) is 11.7 Å². The lowest BCUT2D eigenvalue weighted by Crippen LogP contribution is -2.27. The molecule has 3 rings (SSSR count). The summed E-state index contributed by atoms with van der Waals surface area (Å²) < 4.78 is 1.12. The van der Waals surface area contributed by atoms with E-state index in [0.717, 1.165) is 17.6 Å². The SMILES string of the molecule is CN(C)c1ccc(N2CCNC2c2cccc(Br)c2)cc1. The Balaban J connectivity index is 1.87. The fourth-order valence-electron chi connectivity index (χ4n) is 2.76. The zero-order chi connectivity index (χ0) is 14.8. The molecule has 4 heteroatoms. The Hall–Kier alpha value is -1.52. The maximum atomic E-state index is 3.58. The van der Waals surface area contributed by atoms with E-state index in [-0.39, 0.29) is 6.17 Å². The van der Waals surface area contributed by atoms with E-state index in [4.69, 9.17) is 0 Å². The lowest BCUT2D eigenvalue weighted by atomic mass is 10.1. The van der Waals surface area contributed by atoms with Gasteiger partial charge in [-0.2, -0.15) is 0 Å². The monoisotopic (exact) mass is 345 g/mol. The van der Waals surface area contributed by atoms with Crippen molar-refractivity contribution in [2.75, 3.05) is 37.0 Å². The summed E-state index contributed by atoms with van der Waals surface area (Å²) in [4.78, 5) is 4.54. The zero-order valence-electron chi connectivity index (χ0n) is 12.4. The van der Waals surface area contributed by atoms with Crippen LogP contribution >= 0.6 is 15.9 Å². The Morgan fingerprint density at radius 1 is 1.14 bits per heavy atom. The fourth-order valence-corrected chi connectivity index (χ4v) is 3.17. The Bertz CT molecular complexity index is 610. The first-order valence-corrected chi connectivity index (χ1v) is 7.97. The molecule has 0 spiro atoms. The van der Waals surface area contributed by atoms with E-state index in [1.165, 1.54) is 16.9 Å². The number of halogens is 1. The van der Waals surface area contributed by atoms with E-state index >= 15 is 0 Å². The van der Waals surface area contributed by atoms with Crippen molar-refractivity contribution in [3.05, 3.63) is 58.6 Å². The molecule has 0 radical (unpaired) electrons. The third-order valence-corrected chi connectivity index (χ3v) is 4.36. The normalized spacial score (nSPS) is 18.0. The predicted octanol–water partition coefficient (Wildman–Crippen LogP) is 3.62. The molecule has 0 amide bonds. The van der Waals surface area contributed by atoms with Gasteiger partial charge < -0.3 is 9.80 Å². The van der Waals surface area contributed by atoms with Gasteiger partial charge in [-0.05, 0) is 42.0 Å². The number of anilines is 2. The van der Waals surface area contributed by atoms with Crippen molar-refractivity contribution in [2.45, 2.75) is 6.17 Å². The van der Waals surface area contributed by atoms with E-state index in [1.807, 2.05) is 0 Å². The minimum atomic E-state index is 0.243. The van der Waals surface area contributed by atoms with Crippen molar-refractivity contribution in [3.8, 4) is 0 Å². The molecule has 3 nitrogen and oxygen atoms in total. The third kappa shape index (κ3) is 3.06. The minimum absolute atomic E-state index is 0.243. The Morgan fingerprint density at radius 3 is 2.57 bits per heavy atom. The highest BCUT2D eigenvalue weighted by molar-refractivity contribution is 9.10. The van der Waals surface area contributed by atoms with E-state index in [2.05, 4.69) is 93.7 Å². The third-order valence-electron chi connectivity index (χ3n) is 3.86. The molecule has 1 saturated heterocycles. The van der Waals surface area contributed by atoms with Crippen LogP contribution in [0.25, 0.3) is 0 Å². The van der Waals surface area contributed by atoms with Crippen LogP contribution in [0.2, 0.25) is 0 Å². The average Bonchev–Trinajstić information content (AvgIpc) is 2.97. The molecule has 21 heavy (non-hydrogen) atoms. The molecule has 0 saturated carbocycles. The highest BCUT2D eigenvalue weighted by Gasteiger charge is 2.25. The van der Waals surface area contributed by atoms with Gasteiger partial charge in [-0.3, -0.25) is 5.32 Å². The van der Waals surface area contributed by atoms with Crippen LogP contribution in [-0.2, 0) is 0 Å². The lowest BCUT2D eigenvalue weighted by molar-refractivity contribution is 0.644. The van der Waals surface area contributed by atoms with Crippen LogP contribution in [0.5, 0.6) is 0 Å². The molecule has 1 unspecified atom stereocenters. The molecule has 0 aromatic heterocycles. The molecular weight excluding hydrogens is 326 g/mol. The Morgan fingerprint density at radius 2 is 1.90 bits per heavy atom. The molecule has 1 atom stereocenters. The van der Waals surface area contributed by atoms with E-state index < -0.39 is 0 Å². The zero-order valence-corrected chi connectivity index (χ0v) is 14.0. The van der Waals surface area contributed by atoms with Gasteiger partial charge in [0, 0.05) is 43.0 Å². The second kappa shape index (κ2) is 6.08. The molecule has 1 heterocycles. The number of benzene rings is 2. The molecule has 0 bridgehead atoms.